The van der Waals surface area contributed by atoms with E-state index in [1.54, 1.807) is 0 Å². The van der Waals surface area contributed by atoms with Crippen LogP contribution in [0.3, 0.4) is 0 Å². The second kappa shape index (κ2) is 9.73. The van der Waals surface area contributed by atoms with Crippen molar-refractivity contribution in [1.82, 2.24) is 0 Å². The molecule has 0 aromatic heterocycles. The number of aliphatic hydroxyl groups is 1. The highest BCUT2D eigenvalue weighted by Gasteiger charge is 2.08. The lowest BCUT2D eigenvalue weighted by Crippen LogP contribution is -2.17. The van der Waals surface area contributed by atoms with Crippen LogP contribution in [0.1, 0.15) is 58.3 Å². The van der Waals surface area contributed by atoms with Gasteiger partial charge in [-0.05, 0) is 12.8 Å². The molecule has 0 bridgehead atoms. The van der Waals surface area contributed by atoms with E-state index in [2.05, 4.69) is 38.0 Å². The summed E-state index contributed by atoms with van der Waals surface area (Å²) in [6, 6.07) is 0. The van der Waals surface area contributed by atoms with Gasteiger partial charge in [0.05, 0.1) is 0 Å². The van der Waals surface area contributed by atoms with Gasteiger partial charge in [-0.15, -0.1) is 5.54 Å². The Morgan fingerprint density at radius 2 is 1.47 bits per heavy atom. The summed E-state index contributed by atoms with van der Waals surface area (Å²) in [6.45, 7) is 8.87. The summed E-state index contributed by atoms with van der Waals surface area (Å²) in [4.78, 5) is 0. The fraction of sp³-hybridized carbons (Fsp3) is 0.867. The van der Waals surface area contributed by atoms with Crippen LogP contribution in [-0.2, 0) is 0 Å². The summed E-state index contributed by atoms with van der Waals surface area (Å²) in [5.41, 5.74) is 3.23. The molecule has 2 heteroatoms. The number of hydrogen-bond acceptors (Lipinski definition) is 1. The molecule has 0 spiro atoms. The number of hydrogen-bond donors (Lipinski definition) is 1. The first-order chi connectivity index (χ1) is 7.95. The molecular weight excluding hydrogens is 224 g/mol. The molecule has 0 aliphatic carbocycles. The summed E-state index contributed by atoms with van der Waals surface area (Å²) in [5, 5.41) is 9.70. The predicted molar refractivity (Wildman–Crippen MR) is 79.7 cm³/mol. The molecule has 0 aromatic rings. The van der Waals surface area contributed by atoms with Crippen molar-refractivity contribution < 1.29 is 5.11 Å². The molecular formula is C15H30OSi. The third-order valence-corrected chi connectivity index (χ3v) is 3.59. The third-order valence-electron chi connectivity index (χ3n) is 2.69. The summed E-state index contributed by atoms with van der Waals surface area (Å²) < 4.78 is 0. The molecule has 100 valence electrons. The fourth-order valence-electron chi connectivity index (χ4n) is 1.67. The van der Waals surface area contributed by atoms with Gasteiger partial charge in [0.1, 0.15) is 14.2 Å². The van der Waals surface area contributed by atoms with E-state index in [1.165, 1.54) is 38.5 Å². The number of unbranched alkanes of at least 4 members (excludes halogenated alkanes) is 6. The van der Waals surface area contributed by atoms with Crippen LogP contribution < -0.4 is 0 Å². The Labute approximate surface area is 109 Å². The zero-order valence-electron chi connectivity index (χ0n) is 12.2. The molecule has 1 N–H and O–H groups in total. The molecule has 0 saturated carbocycles. The van der Waals surface area contributed by atoms with E-state index in [1.807, 2.05) is 0 Å². The summed E-state index contributed by atoms with van der Waals surface area (Å²) in [7, 11) is -1.31. The Morgan fingerprint density at radius 3 is 2.00 bits per heavy atom. The van der Waals surface area contributed by atoms with E-state index < -0.39 is 14.2 Å². The highest BCUT2D eigenvalue weighted by atomic mass is 28.3. The van der Waals surface area contributed by atoms with Crippen LogP contribution in [0, 0.1) is 11.5 Å². The van der Waals surface area contributed by atoms with Crippen molar-refractivity contribution in [1.29, 1.82) is 0 Å². The maximum absolute atomic E-state index is 9.70. The van der Waals surface area contributed by atoms with Gasteiger partial charge in [0, 0.05) is 0 Å². The van der Waals surface area contributed by atoms with Crippen molar-refractivity contribution in [3.05, 3.63) is 0 Å². The van der Waals surface area contributed by atoms with Crippen LogP contribution in [0.5, 0.6) is 0 Å². The molecule has 0 heterocycles. The average Bonchev–Trinajstić information content (AvgIpc) is 2.24. The van der Waals surface area contributed by atoms with E-state index in [9.17, 15) is 5.11 Å². The Morgan fingerprint density at radius 1 is 0.941 bits per heavy atom. The van der Waals surface area contributed by atoms with Gasteiger partial charge < -0.3 is 5.11 Å². The fourth-order valence-corrected chi connectivity index (χ4v) is 2.27. The lowest BCUT2D eigenvalue weighted by Gasteiger charge is -2.07. The lowest BCUT2D eigenvalue weighted by atomic mass is 10.1. The Kier molecular flexibility index (Phi) is 9.58. The standard InChI is InChI=1S/C15H30OSi/c1-5-6-7-8-9-10-11-12-15(16)13-14-17(2,3)4/h15-16H,5-12H2,1-4H3/t15-/m0/s1. The Hall–Kier alpha value is -0.263. The highest BCUT2D eigenvalue weighted by molar-refractivity contribution is 6.83. The van der Waals surface area contributed by atoms with Crippen molar-refractivity contribution in [2.75, 3.05) is 0 Å². The van der Waals surface area contributed by atoms with Crippen LogP contribution in [0.4, 0.5) is 0 Å². The molecule has 0 fully saturated rings. The molecule has 17 heavy (non-hydrogen) atoms. The van der Waals surface area contributed by atoms with Gasteiger partial charge in [0.25, 0.3) is 0 Å². The van der Waals surface area contributed by atoms with Gasteiger partial charge in [0.15, 0.2) is 0 Å². The zero-order valence-corrected chi connectivity index (χ0v) is 13.2. The van der Waals surface area contributed by atoms with E-state index in [0.717, 1.165) is 12.8 Å². The average molecular weight is 254 g/mol. The van der Waals surface area contributed by atoms with E-state index in [-0.39, 0.29) is 0 Å². The Bertz CT molecular complexity index is 232. The van der Waals surface area contributed by atoms with Gasteiger partial charge in [-0.1, -0.05) is 71.0 Å². The van der Waals surface area contributed by atoms with E-state index >= 15 is 0 Å². The molecule has 1 nitrogen and oxygen atoms in total. The minimum atomic E-state index is -1.31. The predicted octanol–water partition coefficient (Wildman–Crippen LogP) is 4.37. The Balaban J connectivity index is 3.45. The highest BCUT2D eigenvalue weighted by Crippen LogP contribution is 2.09. The second-order valence-electron chi connectivity index (χ2n) is 5.95. The topological polar surface area (TPSA) is 20.2 Å². The molecule has 1 atom stereocenters. The normalized spacial score (nSPS) is 13.0. The SMILES string of the molecule is CCCCCCCCC[C@H](O)C#C[Si](C)(C)C. The monoisotopic (exact) mass is 254 g/mol. The lowest BCUT2D eigenvalue weighted by molar-refractivity contribution is 0.217. The van der Waals surface area contributed by atoms with Crippen LogP contribution in [0.25, 0.3) is 0 Å². The summed E-state index contributed by atoms with van der Waals surface area (Å²) in [5.74, 6) is 3.00. The van der Waals surface area contributed by atoms with Gasteiger partial charge in [-0.25, -0.2) is 0 Å². The van der Waals surface area contributed by atoms with Crippen molar-refractivity contribution in [2.45, 2.75) is 84.0 Å². The van der Waals surface area contributed by atoms with Gasteiger partial charge in [-0.3, -0.25) is 0 Å². The van der Waals surface area contributed by atoms with Crippen molar-refractivity contribution in [3.8, 4) is 11.5 Å². The van der Waals surface area contributed by atoms with Crippen molar-refractivity contribution >= 4 is 8.07 Å². The number of aliphatic hydroxyl groups excluding tert-OH is 1. The first kappa shape index (κ1) is 16.7. The van der Waals surface area contributed by atoms with Crippen LogP contribution in [-0.4, -0.2) is 19.3 Å². The molecule has 0 unspecified atom stereocenters. The molecule has 0 aliphatic heterocycles. The minimum Gasteiger partial charge on any atom is -0.380 e. The van der Waals surface area contributed by atoms with Crippen LogP contribution in [0.15, 0.2) is 0 Å². The zero-order chi connectivity index (χ0) is 13.1. The van der Waals surface area contributed by atoms with E-state index in [0.29, 0.717) is 0 Å². The van der Waals surface area contributed by atoms with Gasteiger partial charge in [0.2, 0.25) is 0 Å². The van der Waals surface area contributed by atoms with E-state index in [4.69, 9.17) is 0 Å². The molecule has 0 amide bonds. The summed E-state index contributed by atoms with van der Waals surface area (Å²) in [6.07, 6.45) is 9.54. The van der Waals surface area contributed by atoms with Gasteiger partial charge >= 0.3 is 0 Å². The molecule has 0 rings (SSSR count). The largest absolute Gasteiger partial charge is 0.380 e. The molecule has 0 saturated heterocycles. The quantitative estimate of drug-likeness (QED) is 0.387. The molecule has 0 aromatic carbocycles. The first-order valence-corrected chi connectivity index (χ1v) is 10.7. The van der Waals surface area contributed by atoms with Crippen LogP contribution in [0.2, 0.25) is 19.6 Å². The maximum Gasteiger partial charge on any atom is 0.129 e. The smallest absolute Gasteiger partial charge is 0.129 e. The first-order valence-electron chi connectivity index (χ1n) is 7.16. The van der Waals surface area contributed by atoms with Gasteiger partial charge in [-0.2, -0.15) is 0 Å². The maximum atomic E-state index is 9.70. The molecule has 0 aliphatic rings. The minimum absolute atomic E-state index is 0.391. The summed E-state index contributed by atoms with van der Waals surface area (Å²) >= 11 is 0. The third kappa shape index (κ3) is 13.7. The van der Waals surface area contributed by atoms with Crippen molar-refractivity contribution in [2.24, 2.45) is 0 Å². The van der Waals surface area contributed by atoms with Crippen LogP contribution >= 0.6 is 0 Å². The van der Waals surface area contributed by atoms with Crippen molar-refractivity contribution in [3.63, 3.8) is 0 Å². The number of rotatable bonds is 8. The molecule has 0 radical (unpaired) electrons. The second-order valence-corrected chi connectivity index (χ2v) is 10.7.